The number of ketones is 1. The lowest BCUT2D eigenvalue weighted by Crippen LogP contribution is -2.38. The Morgan fingerprint density at radius 1 is 0.933 bits per heavy atom. The summed E-state index contributed by atoms with van der Waals surface area (Å²) in [6, 6.07) is 16.3. The zero-order valence-corrected chi connectivity index (χ0v) is 17.3. The summed E-state index contributed by atoms with van der Waals surface area (Å²) in [6.45, 7) is 1.47. The first kappa shape index (κ1) is 21.1. The predicted molar refractivity (Wildman–Crippen MR) is 111 cm³/mol. The van der Waals surface area contributed by atoms with Gasteiger partial charge in [-0.2, -0.15) is 5.26 Å². The van der Waals surface area contributed by atoms with Gasteiger partial charge >= 0.3 is 5.97 Å². The van der Waals surface area contributed by atoms with Crippen molar-refractivity contribution >= 4 is 17.3 Å². The lowest BCUT2D eigenvalue weighted by atomic mass is 9.67. The van der Waals surface area contributed by atoms with Crippen LogP contribution in [0.5, 0.6) is 11.5 Å². The van der Waals surface area contributed by atoms with Gasteiger partial charge in [-0.3, -0.25) is 4.79 Å². The van der Waals surface area contributed by atoms with Crippen molar-refractivity contribution in [3.8, 4) is 17.6 Å². The van der Waals surface area contributed by atoms with E-state index in [-0.39, 0.29) is 5.78 Å². The molecule has 0 heterocycles. The van der Waals surface area contributed by atoms with Gasteiger partial charge in [-0.1, -0.05) is 30.3 Å². The second-order valence-corrected chi connectivity index (χ2v) is 7.11. The maximum Gasteiger partial charge on any atom is 0.331 e. The van der Waals surface area contributed by atoms with E-state index in [2.05, 4.69) is 6.07 Å². The number of benzene rings is 2. The lowest BCUT2D eigenvalue weighted by Gasteiger charge is -2.32. The van der Waals surface area contributed by atoms with Gasteiger partial charge in [0.25, 0.3) is 0 Å². The average molecular weight is 405 g/mol. The van der Waals surface area contributed by atoms with Gasteiger partial charge in [-0.25, -0.2) is 4.79 Å². The molecule has 0 aliphatic heterocycles. The summed E-state index contributed by atoms with van der Waals surface area (Å²) in [5.41, 5.74) is 0.127. The van der Waals surface area contributed by atoms with Crippen LogP contribution in [0.4, 0.5) is 0 Å². The number of allylic oxidation sites excluding steroid dienone is 1. The van der Waals surface area contributed by atoms with E-state index in [0.717, 1.165) is 0 Å². The topological polar surface area (TPSA) is 85.6 Å². The highest BCUT2D eigenvalue weighted by Gasteiger charge is 2.59. The van der Waals surface area contributed by atoms with Crippen molar-refractivity contribution in [2.45, 2.75) is 12.8 Å². The van der Waals surface area contributed by atoms with Crippen molar-refractivity contribution in [3.05, 3.63) is 65.7 Å². The maximum absolute atomic E-state index is 13.1. The largest absolute Gasteiger partial charge is 0.497 e. The van der Waals surface area contributed by atoms with Crippen molar-refractivity contribution in [1.29, 1.82) is 5.26 Å². The van der Waals surface area contributed by atoms with Crippen LogP contribution in [0.25, 0.3) is 5.57 Å². The standard InChI is InChI=1S/C24H23NO5/c1-15(26)20-13-21(16-5-9-18(28-2)10-6-16)24(14-25,23(27)30-4)22(20)17-7-11-19(29-3)12-8-17/h5-13,20,22H,1-4H3/t20-,22-,24-/m0/s1. The number of esters is 1. The minimum absolute atomic E-state index is 0.136. The van der Waals surface area contributed by atoms with Crippen molar-refractivity contribution < 1.29 is 23.8 Å². The molecule has 0 spiro atoms. The highest BCUT2D eigenvalue weighted by Crippen LogP contribution is 2.57. The molecule has 0 fully saturated rings. The van der Waals surface area contributed by atoms with E-state index < -0.39 is 23.2 Å². The average Bonchev–Trinajstić information content (AvgIpc) is 3.15. The summed E-state index contributed by atoms with van der Waals surface area (Å²) in [5, 5.41) is 10.3. The fourth-order valence-corrected chi connectivity index (χ4v) is 4.13. The summed E-state index contributed by atoms with van der Waals surface area (Å²) in [6.07, 6.45) is 1.72. The molecule has 0 bridgehead atoms. The van der Waals surface area contributed by atoms with Crippen LogP contribution in [0.3, 0.4) is 0 Å². The first-order chi connectivity index (χ1) is 14.4. The quantitative estimate of drug-likeness (QED) is 0.680. The van der Waals surface area contributed by atoms with Crippen molar-refractivity contribution in [3.63, 3.8) is 0 Å². The third kappa shape index (κ3) is 3.33. The summed E-state index contributed by atoms with van der Waals surface area (Å²) in [5.74, 6) is -0.933. The minimum Gasteiger partial charge on any atom is -0.497 e. The van der Waals surface area contributed by atoms with Crippen LogP contribution in [-0.4, -0.2) is 33.1 Å². The Hall–Kier alpha value is -3.59. The zero-order chi connectivity index (χ0) is 21.9. The summed E-state index contributed by atoms with van der Waals surface area (Å²) in [4.78, 5) is 25.7. The highest BCUT2D eigenvalue weighted by atomic mass is 16.5. The zero-order valence-electron chi connectivity index (χ0n) is 17.3. The number of nitrogens with zero attached hydrogens (tertiary/aromatic N) is 1. The summed E-state index contributed by atoms with van der Waals surface area (Å²) < 4.78 is 15.5. The molecule has 0 N–H and O–H groups in total. The predicted octanol–water partition coefficient (Wildman–Crippen LogP) is 3.77. The minimum atomic E-state index is -1.67. The molecule has 30 heavy (non-hydrogen) atoms. The Balaban J connectivity index is 2.24. The monoisotopic (exact) mass is 405 g/mol. The van der Waals surface area contributed by atoms with Gasteiger partial charge < -0.3 is 14.2 Å². The number of rotatable bonds is 6. The van der Waals surface area contributed by atoms with E-state index in [0.29, 0.717) is 28.2 Å². The molecule has 0 aromatic heterocycles. The van der Waals surface area contributed by atoms with Gasteiger partial charge in [0.1, 0.15) is 17.3 Å². The number of carbonyl (C=O) groups is 2. The third-order valence-corrected chi connectivity index (χ3v) is 5.63. The van der Waals surface area contributed by atoms with E-state index >= 15 is 0 Å². The van der Waals surface area contributed by atoms with Crippen LogP contribution >= 0.6 is 0 Å². The fourth-order valence-electron chi connectivity index (χ4n) is 4.13. The van der Waals surface area contributed by atoms with Crippen LogP contribution in [-0.2, 0) is 14.3 Å². The number of methoxy groups -OCH3 is 3. The van der Waals surface area contributed by atoms with Crippen molar-refractivity contribution in [1.82, 2.24) is 0 Å². The molecule has 0 radical (unpaired) electrons. The van der Waals surface area contributed by atoms with Gasteiger partial charge in [0.15, 0.2) is 5.41 Å². The molecule has 0 saturated carbocycles. The molecular weight excluding hydrogens is 382 g/mol. The SMILES string of the molecule is COC(=O)[C@@]1(C#N)C(c2ccc(OC)cc2)=C[C@@H](C(C)=O)[C@@H]1c1ccc(OC)cc1. The molecule has 3 atom stereocenters. The Kier molecular flexibility index (Phi) is 5.93. The van der Waals surface area contributed by atoms with Gasteiger partial charge in [0.05, 0.1) is 27.4 Å². The Labute approximate surface area is 175 Å². The number of hydrogen-bond acceptors (Lipinski definition) is 6. The van der Waals surface area contributed by atoms with E-state index in [1.54, 1.807) is 68.8 Å². The molecule has 0 amide bonds. The number of Topliss-reactive ketones (excluding diaryl/α,β-unsaturated/α-hetero) is 1. The summed E-state index contributed by atoms with van der Waals surface area (Å²) in [7, 11) is 4.36. The normalized spacial score (nSPS) is 22.6. The smallest absolute Gasteiger partial charge is 0.331 e. The van der Waals surface area contributed by atoms with E-state index in [1.807, 2.05) is 0 Å². The van der Waals surface area contributed by atoms with Crippen molar-refractivity contribution in [2.75, 3.05) is 21.3 Å². The van der Waals surface area contributed by atoms with E-state index in [9.17, 15) is 14.9 Å². The Morgan fingerprint density at radius 2 is 1.47 bits per heavy atom. The van der Waals surface area contributed by atoms with E-state index in [1.165, 1.54) is 14.0 Å². The molecule has 6 nitrogen and oxygen atoms in total. The van der Waals surface area contributed by atoms with Crippen LogP contribution in [0.2, 0.25) is 0 Å². The Bertz CT molecular complexity index is 1020. The number of carbonyl (C=O) groups excluding carboxylic acids is 2. The molecule has 154 valence electrons. The summed E-state index contributed by atoms with van der Waals surface area (Å²) >= 11 is 0. The van der Waals surface area contributed by atoms with Crippen LogP contribution < -0.4 is 9.47 Å². The Morgan fingerprint density at radius 3 is 1.90 bits per heavy atom. The second kappa shape index (κ2) is 8.42. The maximum atomic E-state index is 13.1. The van der Waals surface area contributed by atoms with Gasteiger partial charge in [0, 0.05) is 11.8 Å². The number of ether oxygens (including phenoxy) is 3. The highest BCUT2D eigenvalue weighted by molar-refractivity contribution is 6.02. The third-order valence-electron chi connectivity index (χ3n) is 5.63. The molecule has 0 saturated heterocycles. The number of nitriles is 1. The molecule has 2 aromatic carbocycles. The van der Waals surface area contributed by atoms with Gasteiger partial charge in [0.2, 0.25) is 0 Å². The van der Waals surface area contributed by atoms with E-state index in [4.69, 9.17) is 14.2 Å². The number of hydrogen-bond donors (Lipinski definition) is 0. The van der Waals surface area contributed by atoms with Crippen molar-refractivity contribution in [2.24, 2.45) is 11.3 Å². The van der Waals surface area contributed by atoms with Crippen LogP contribution in [0.1, 0.15) is 24.0 Å². The molecule has 2 aromatic rings. The van der Waals surface area contributed by atoms with Gasteiger partial charge in [-0.05, 0) is 47.9 Å². The van der Waals surface area contributed by atoms with Crippen LogP contribution in [0, 0.1) is 22.7 Å². The second-order valence-electron chi connectivity index (χ2n) is 7.11. The first-order valence-corrected chi connectivity index (χ1v) is 9.43. The molecule has 0 unspecified atom stereocenters. The van der Waals surface area contributed by atoms with Gasteiger partial charge in [-0.15, -0.1) is 0 Å². The molecule has 1 aliphatic carbocycles. The molecule has 3 rings (SSSR count). The fraction of sp³-hybridized carbons (Fsp3) is 0.292. The molecule has 6 heteroatoms. The first-order valence-electron chi connectivity index (χ1n) is 9.43. The molecule has 1 aliphatic rings. The van der Waals surface area contributed by atoms with Crippen LogP contribution in [0.15, 0.2) is 54.6 Å². The lowest BCUT2D eigenvalue weighted by molar-refractivity contribution is -0.147. The molecular formula is C24H23NO5.